The molecule has 0 radical (unpaired) electrons. The molecule has 0 fully saturated rings. The van der Waals surface area contributed by atoms with E-state index >= 15 is 0 Å². The van der Waals surface area contributed by atoms with E-state index in [9.17, 15) is 4.79 Å². The van der Waals surface area contributed by atoms with Crippen molar-refractivity contribution >= 4 is 11.9 Å². The van der Waals surface area contributed by atoms with E-state index in [1.54, 1.807) is 18.0 Å². The van der Waals surface area contributed by atoms with Crippen LogP contribution >= 0.6 is 0 Å². The number of aromatic nitrogens is 2. The minimum absolute atomic E-state index is 0.175. The van der Waals surface area contributed by atoms with E-state index in [4.69, 9.17) is 10.1 Å². The van der Waals surface area contributed by atoms with Gasteiger partial charge in [0.15, 0.2) is 0 Å². The molecule has 3 rings (SSSR count). The van der Waals surface area contributed by atoms with Crippen LogP contribution in [-0.2, 0) is 0 Å². The third-order valence-corrected chi connectivity index (χ3v) is 3.97. The van der Waals surface area contributed by atoms with Crippen LogP contribution in [0.3, 0.4) is 0 Å². The molecule has 132 valence electrons. The third kappa shape index (κ3) is 3.80. The van der Waals surface area contributed by atoms with E-state index in [2.05, 4.69) is 10.4 Å². The smallest absolute Gasteiger partial charge is 0.205 e. The van der Waals surface area contributed by atoms with Gasteiger partial charge in [0, 0.05) is 24.4 Å². The second kappa shape index (κ2) is 8.11. The van der Waals surface area contributed by atoms with Crippen molar-refractivity contribution in [3.8, 4) is 11.4 Å². The minimum Gasteiger partial charge on any atom is -0.494 e. The van der Waals surface area contributed by atoms with Crippen LogP contribution < -0.4 is 15.5 Å². The molecule has 26 heavy (non-hydrogen) atoms. The number of nitrogens with zero attached hydrogens (tertiary/aromatic N) is 2. The molecule has 0 saturated heterocycles. The molecule has 0 saturated carbocycles. The minimum atomic E-state index is -0.399. The van der Waals surface area contributed by atoms with Crippen LogP contribution in [-0.4, -0.2) is 23.1 Å². The fraction of sp³-hybridized carbons (Fsp3) is 0.150. The number of anilines is 1. The molecule has 6 heteroatoms. The number of para-hydroxylation sites is 3. The van der Waals surface area contributed by atoms with Crippen molar-refractivity contribution in [2.45, 2.75) is 12.5 Å². The first-order chi connectivity index (χ1) is 12.7. The Morgan fingerprint density at radius 1 is 1.15 bits per heavy atom. The molecular weight excluding hydrogens is 328 g/mol. The molecular formula is C20H20N4O2. The molecule has 1 heterocycles. The molecule has 1 aromatic heterocycles. The predicted molar refractivity (Wildman–Crippen MR) is 103 cm³/mol. The van der Waals surface area contributed by atoms with Gasteiger partial charge in [0.05, 0.1) is 13.2 Å². The highest BCUT2D eigenvalue weighted by atomic mass is 16.5. The highest BCUT2D eigenvalue weighted by molar-refractivity contribution is 5.57. The zero-order valence-corrected chi connectivity index (χ0v) is 14.4. The SMILES string of the molecule is COc1ccccc1-n1ccc(=O)c(C(CC=N)Nc2ccccc2)n1. The van der Waals surface area contributed by atoms with Gasteiger partial charge < -0.3 is 15.5 Å². The lowest BCUT2D eigenvalue weighted by atomic mass is 10.1. The number of hydrogen-bond acceptors (Lipinski definition) is 5. The molecule has 6 nitrogen and oxygen atoms in total. The first-order valence-corrected chi connectivity index (χ1v) is 8.26. The van der Waals surface area contributed by atoms with Gasteiger partial charge in [-0.05, 0) is 30.5 Å². The number of benzene rings is 2. The second-order valence-corrected chi connectivity index (χ2v) is 5.68. The van der Waals surface area contributed by atoms with Crippen LogP contribution in [0.5, 0.6) is 5.75 Å². The summed E-state index contributed by atoms with van der Waals surface area (Å²) in [4.78, 5) is 12.4. The van der Waals surface area contributed by atoms with E-state index < -0.39 is 6.04 Å². The van der Waals surface area contributed by atoms with Gasteiger partial charge in [0.25, 0.3) is 0 Å². The molecule has 0 aliphatic rings. The summed E-state index contributed by atoms with van der Waals surface area (Å²) in [6.07, 6.45) is 3.25. The zero-order valence-electron chi connectivity index (χ0n) is 14.4. The molecule has 1 atom stereocenters. The number of ether oxygens (including phenoxy) is 1. The van der Waals surface area contributed by atoms with Crippen LogP contribution in [0.2, 0.25) is 0 Å². The Bertz CT molecular complexity index is 938. The molecule has 1 unspecified atom stereocenters. The largest absolute Gasteiger partial charge is 0.494 e. The Kier molecular flexibility index (Phi) is 5.43. The maximum Gasteiger partial charge on any atom is 0.205 e. The summed E-state index contributed by atoms with van der Waals surface area (Å²) in [5.74, 6) is 0.661. The van der Waals surface area contributed by atoms with Crippen LogP contribution in [0.15, 0.2) is 71.7 Å². The fourth-order valence-electron chi connectivity index (χ4n) is 2.71. The standard InChI is InChI=1S/C20H20N4O2/c1-26-19-10-6-5-9-17(19)24-14-12-18(25)20(23-24)16(11-13-21)22-15-7-3-2-4-8-15/h2-10,12-14,16,21-22H,11H2,1H3. The lowest BCUT2D eigenvalue weighted by Crippen LogP contribution is -2.24. The van der Waals surface area contributed by atoms with Crippen molar-refractivity contribution < 1.29 is 4.74 Å². The quantitative estimate of drug-likeness (QED) is 0.641. The molecule has 0 spiro atoms. The summed E-state index contributed by atoms with van der Waals surface area (Å²) in [5.41, 5.74) is 1.79. The molecule has 3 aromatic rings. The Morgan fingerprint density at radius 3 is 2.62 bits per heavy atom. The van der Waals surface area contributed by atoms with E-state index in [1.807, 2.05) is 54.6 Å². The molecule has 0 bridgehead atoms. The van der Waals surface area contributed by atoms with Crippen molar-refractivity contribution in [3.05, 3.63) is 82.8 Å². The average molecular weight is 348 g/mol. The molecule has 0 aliphatic heterocycles. The summed E-state index contributed by atoms with van der Waals surface area (Å²) in [6.45, 7) is 0. The molecule has 0 amide bonds. The first-order valence-electron chi connectivity index (χ1n) is 8.26. The number of methoxy groups -OCH3 is 1. The van der Waals surface area contributed by atoms with Crippen molar-refractivity contribution in [1.82, 2.24) is 9.78 Å². The van der Waals surface area contributed by atoms with Crippen molar-refractivity contribution in [1.29, 1.82) is 5.41 Å². The van der Waals surface area contributed by atoms with Gasteiger partial charge in [0.2, 0.25) is 5.43 Å². The predicted octanol–water partition coefficient (Wildman–Crippen LogP) is 3.43. The Balaban J connectivity index is 2.02. The van der Waals surface area contributed by atoms with Gasteiger partial charge in [-0.1, -0.05) is 30.3 Å². The van der Waals surface area contributed by atoms with Gasteiger partial charge in [-0.2, -0.15) is 5.10 Å². The molecule has 2 aromatic carbocycles. The van der Waals surface area contributed by atoms with E-state index in [0.717, 1.165) is 11.4 Å². The van der Waals surface area contributed by atoms with E-state index in [0.29, 0.717) is 17.9 Å². The first kappa shape index (κ1) is 17.4. The fourth-order valence-corrected chi connectivity index (χ4v) is 2.71. The monoisotopic (exact) mass is 348 g/mol. The van der Waals surface area contributed by atoms with Crippen LogP contribution in [0, 0.1) is 5.41 Å². The third-order valence-electron chi connectivity index (χ3n) is 3.97. The summed E-state index contributed by atoms with van der Waals surface area (Å²) >= 11 is 0. The maximum atomic E-state index is 12.4. The highest BCUT2D eigenvalue weighted by Gasteiger charge is 2.17. The van der Waals surface area contributed by atoms with Crippen molar-refractivity contribution in [2.24, 2.45) is 0 Å². The Hall–Kier alpha value is -3.41. The highest BCUT2D eigenvalue weighted by Crippen LogP contribution is 2.22. The Morgan fingerprint density at radius 2 is 1.88 bits per heavy atom. The van der Waals surface area contributed by atoms with Crippen LogP contribution in [0.25, 0.3) is 5.69 Å². The number of hydrogen-bond donors (Lipinski definition) is 2. The van der Waals surface area contributed by atoms with Gasteiger partial charge in [0.1, 0.15) is 17.1 Å². The number of nitrogens with one attached hydrogen (secondary N) is 2. The normalized spacial score (nSPS) is 11.6. The summed E-state index contributed by atoms with van der Waals surface area (Å²) in [5, 5.41) is 15.3. The van der Waals surface area contributed by atoms with Gasteiger partial charge in [-0.15, -0.1) is 0 Å². The van der Waals surface area contributed by atoms with Crippen LogP contribution in [0.4, 0.5) is 5.69 Å². The van der Waals surface area contributed by atoms with E-state index in [-0.39, 0.29) is 5.43 Å². The Labute approximate surface area is 151 Å². The maximum absolute atomic E-state index is 12.4. The van der Waals surface area contributed by atoms with E-state index in [1.165, 1.54) is 12.3 Å². The van der Waals surface area contributed by atoms with Crippen molar-refractivity contribution in [3.63, 3.8) is 0 Å². The molecule has 2 N–H and O–H groups in total. The summed E-state index contributed by atoms with van der Waals surface area (Å²) < 4.78 is 7.01. The van der Waals surface area contributed by atoms with Crippen LogP contribution in [0.1, 0.15) is 18.2 Å². The topological polar surface area (TPSA) is 80.0 Å². The number of rotatable bonds is 7. The molecule has 0 aliphatic carbocycles. The van der Waals surface area contributed by atoms with Gasteiger partial charge in [-0.25, -0.2) is 4.68 Å². The second-order valence-electron chi connectivity index (χ2n) is 5.68. The lowest BCUT2D eigenvalue weighted by Gasteiger charge is -2.18. The summed E-state index contributed by atoms with van der Waals surface area (Å²) in [7, 11) is 1.59. The summed E-state index contributed by atoms with van der Waals surface area (Å²) in [6, 6.07) is 18.1. The van der Waals surface area contributed by atoms with Crippen molar-refractivity contribution in [2.75, 3.05) is 12.4 Å². The van der Waals surface area contributed by atoms with Gasteiger partial charge in [-0.3, -0.25) is 4.79 Å². The zero-order chi connectivity index (χ0) is 18.4. The lowest BCUT2D eigenvalue weighted by molar-refractivity contribution is 0.411. The van der Waals surface area contributed by atoms with Gasteiger partial charge >= 0.3 is 0 Å². The average Bonchev–Trinajstić information content (AvgIpc) is 2.69.